The van der Waals surface area contributed by atoms with Gasteiger partial charge in [-0.15, -0.1) is 0 Å². The molecular weight excluding hydrogens is 225 g/mol. The van der Waals surface area contributed by atoms with Gasteiger partial charge in [0.2, 0.25) is 0 Å². The zero-order valence-corrected chi connectivity index (χ0v) is 11.1. The molecular formula is C4H9N3NaO3S2-. The van der Waals surface area contributed by atoms with Crippen LogP contribution in [-0.2, 0) is 22.7 Å². The summed E-state index contributed by atoms with van der Waals surface area (Å²) in [7, 11) is -2.50. The van der Waals surface area contributed by atoms with E-state index < -0.39 is 21.5 Å². The molecule has 0 aromatic rings. The van der Waals surface area contributed by atoms with Crippen LogP contribution in [0.2, 0.25) is 0 Å². The van der Waals surface area contributed by atoms with Crippen molar-refractivity contribution in [1.29, 1.82) is 0 Å². The third-order valence-corrected chi connectivity index (χ3v) is 2.43. The average molecular weight is 234 g/mol. The van der Waals surface area contributed by atoms with Crippen molar-refractivity contribution in [3.05, 3.63) is 0 Å². The van der Waals surface area contributed by atoms with Crippen LogP contribution in [0.4, 0.5) is 0 Å². The maximum absolute atomic E-state index is 10.3. The molecule has 0 amide bonds. The van der Waals surface area contributed by atoms with Crippen molar-refractivity contribution >= 4 is 22.7 Å². The van der Waals surface area contributed by atoms with E-state index in [9.17, 15) is 13.0 Å². The molecule has 0 aromatic carbocycles. The third kappa shape index (κ3) is 4.96. The Hall–Kier alpha value is 1.14. The number of nitrogens with one attached hydrogen (secondary N) is 1. The summed E-state index contributed by atoms with van der Waals surface area (Å²) in [5.41, 5.74) is 2.25. The molecule has 1 saturated heterocycles. The van der Waals surface area contributed by atoms with E-state index in [0.717, 1.165) is 0 Å². The van der Waals surface area contributed by atoms with Gasteiger partial charge in [0.25, 0.3) is 0 Å². The van der Waals surface area contributed by atoms with Gasteiger partial charge >= 0.3 is 29.6 Å². The summed E-state index contributed by atoms with van der Waals surface area (Å²) in [5.74, 6) is -0.543. The number of nitrogens with zero attached hydrogens (tertiary/aromatic N) is 2. The third-order valence-electron chi connectivity index (χ3n) is 1.38. The molecule has 1 heterocycles. The van der Waals surface area contributed by atoms with Crippen LogP contribution in [0, 0.1) is 0 Å². The molecule has 0 aromatic heterocycles. The Morgan fingerprint density at radius 2 is 2.23 bits per heavy atom. The van der Waals surface area contributed by atoms with Gasteiger partial charge in [-0.3, -0.25) is 10.3 Å². The fraction of sp³-hybridized carbons (Fsp3) is 1.00. The fourth-order valence-corrected chi connectivity index (χ4v) is 2.02. The summed E-state index contributed by atoms with van der Waals surface area (Å²) in [6, 6.07) is 0. The monoisotopic (exact) mass is 234 g/mol. The standard InChI is InChI=1S/C4H11N3O3S2.Na/c1-6-2-7(4(11)5-6)3-12(8,9)10;/h4-5,11H,2-3H2,1H3,(H,8,9,10);/q;+1/p-2. The van der Waals surface area contributed by atoms with Crippen LogP contribution < -0.4 is 35.0 Å². The first-order chi connectivity index (χ1) is 5.38. The molecule has 1 rings (SSSR count). The normalized spacial score (nSPS) is 25.9. The number of rotatable bonds is 2. The van der Waals surface area contributed by atoms with Gasteiger partial charge in [-0.25, -0.2) is 13.4 Å². The molecule has 1 fully saturated rings. The Bertz CT molecular complexity index is 259. The first kappa shape index (κ1) is 14.1. The van der Waals surface area contributed by atoms with E-state index in [2.05, 4.69) is 5.43 Å². The van der Waals surface area contributed by atoms with E-state index in [-0.39, 0.29) is 29.6 Å². The van der Waals surface area contributed by atoms with Crippen LogP contribution >= 0.6 is 0 Å². The molecule has 0 aliphatic carbocycles. The van der Waals surface area contributed by atoms with Crippen LogP contribution in [0.5, 0.6) is 0 Å². The smallest absolute Gasteiger partial charge is 0.757 e. The van der Waals surface area contributed by atoms with Crippen LogP contribution in [-0.4, -0.2) is 48.0 Å². The van der Waals surface area contributed by atoms with Crippen molar-refractivity contribution in [1.82, 2.24) is 15.3 Å². The van der Waals surface area contributed by atoms with Crippen LogP contribution in [0.3, 0.4) is 0 Å². The topological polar surface area (TPSA) is 75.7 Å². The van der Waals surface area contributed by atoms with Crippen molar-refractivity contribution in [2.75, 3.05) is 19.6 Å². The molecule has 1 aliphatic heterocycles. The zero-order valence-electron chi connectivity index (χ0n) is 7.43. The number of hydrazine groups is 1. The summed E-state index contributed by atoms with van der Waals surface area (Å²) in [6.07, 6.45) is 0. The first-order valence-corrected chi connectivity index (χ1v) is 5.24. The average Bonchev–Trinajstić information content (AvgIpc) is 2.06. The predicted octanol–water partition coefficient (Wildman–Crippen LogP) is -4.97. The van der Waals surface area contributed by atoms with Crippen LogP contribution in [0.1, 0.15) is 0 Å². The second kappa shape index (κ2) is 5.29. The molecule has 72 valence electrons. The predicted molar refractivity (Wildman–Crippen MR) is 43.3 cm³/mol. The quantitative estimate of drug-likeness (QED) is 0.291. The molecule has 1 N–H and O–H groups in total. The van der Waals surface area contributed by atoms with Gasteiger partial charge in [-0.2, -0.15) is 0 Å². The van der Waals surface area contributed by atoms with Gasteiger partial charge in [0.05, 0.1) is 12.5 Å². The first-order valence-electron chi connectivity index (χ1n) is 3.19. The minimum atomic E-state index is -4.22. The second-order valence-corrected chi connectivity index (χ2v) is 4.42. The SMILES string of the molecule is CN1CN(CS(=O)(=O)[O-])C([S-])N1.[Na+]. The van der Waals surface area contributed by atoms with Crippen molar-refractivity contribution in [3.8, 4) is 0 Å². The summed E-state index contributed by atoms with van der Waals surface area (Å²) >= 11 is 4.84. The van der Waals surface area contributed by atoms with Crippen molar-refractivity contribution in [3.63, 3.8) is 0 Å². The van der Waals surface area contributed by atoms with E-state index in [1.807, 2.05) is 0 Å². The van der Waals surface area contributed by atoms with Crippen LogP contribution in [0.15, 0.2) is 0 Å². The van der Waals surface area contributed by atoms with Crippen molar-refractivity contribution < 1.29 is 42.5 Å². The van der Waals surface area contributed by atoms with E-state index in [1.165, 1.54) is 4.90 Å². The Balaban J connectivity index is 0.00000144. The maximum Gasteiger partial charge on any atom is 1.00 e. The minimum Gasteiger partial charge on any atom is -0.757 e. The molecule has 0 radical (unpaired) electrons. The number of hydrogen-bond acceptors (Lipinski definition) is 7. The molecule has 0 saturated carbocycles. The van der Waals surface area contributed by atoms with Gasteiger partial charge in [0.15, 0.2) is 0 Å². The van der Waals surface area contributed by atoms with Gasteiger partial charge < -0.3 is 17.2 Å². The van der Waals surface area contributed by atoms with Gasteiger partial charge in [-0.05, 0) is 5.50 Å². The van der Waals surface area contributed by atoms with Gasteiger partial charge in [-0.1, -0.05) is 0 Å². The Kier molecular flexibility index (Phi) is 5.75. The van der Waals surface area contributed by atoms with Crippen molar-refractivity contribution in [2.24, 2.45) is 0 Å². The molecule has 1 atom stereocenters. The Morgan fingerprint density at radius 3 is 2.54 bits per heavy atom. The summed E-state index contributed by atoms with van der Waals surface area (Å²) in [6.45, 7) is 0.343. The molecule has 6 nitrogen and oxygen atoms in total. The van der Waals surface area contributed by atoms with E-state index >= 15 is 0 Å². The van der Waals surface area contributed by atoms with Gasteiger partial charge in [0.1, 0.15) is 10.1 Å². The minimum absolute atomic E-state index is 0. The molecule has 0 spiro atoms. The molecule has 9 heteroatoms. The Morgan fingerprint density at radius 1 is 1.69 bits per heavy atom. The molecule has 0 bridgehead atoms. The summed E-state index contributed by atoms with van der Waals surface area (Å²) < 4.78 is 31.0. The summed E-state index contributed by atoms with van der Waals surface area (Å²) in [5, 5.41) is 1.63. The van der Waals surface area contributed by atoms with Crippen LogP contribution in [0.25, 0.3) is 0 Å². The van der Waals surface area contributed by atoms with Crippen molar-refractivity contribution in [2.45, 2.75) is 5.50 Å². The van der Waals surface area contributed by atoms with E-state index in [1.54, 1.807) is 12.1 Å². The second-order valence-electron chi connectivity index (χ2n) is 2.60. The molecule has 1 aliphatic rings. The van der Waals surface area contributed by atoms with Gasteiger partial charge in [0, 0.05) is 7.05 Å². The Labute approximate surface area is 105 Å². The summed E-state index contributed by atoms with van der Waals surface area (Å²) in [4.78, 5) is 1.36. The fourth-order valence-electron chi connectivity index (χ4n) is 0.969. The molecule has 13 heavy (non-hydrogen) atoms. The molecule has 1 unspecified atom stereocenters. The zero-order chi connectivity index (χ0) is 9.35. The maximum atomic E-state index is 10.3. The number of hydrogen-bond donors (Lipinski definition) is 1. The van der Waals surface area contributed by atoms with E-state index in [0.29, 0.717) is 6.67 Å². The van der Waals surface area contributed by atoms with E-state index in [4.69, 9.17) is 12.6 Å². The largest absolute Gasteiger partial charge is 1.00 e.